The maximum atomic E-state index is 12.1. The molecule has 0 aromatic heterocycles. The normalized spacial score (nSPS) is 26.5. The van der Waals surface area contributed by atoms with Crippen LogP contribution in [0.25, 0.3) is 0 Å². The standard InChI is InChI=1S/C19H36N4O3/c1-7-20-17(22-15-12-14-8-9-16(15)25-14)21-11-10-13(2)23(6)18(24)26-19(3,4)5/h13-16H,7-12H2,1-6H3,(H2,20,21,22). The molecular weight excluding hydrogens is 332 g/mol. The second kappa shape index (κ2) is 8.93. The van der Waals surface area contributed by atoms with Gasteiger partial charge in [-0.15, -0.1) is 0 Å². The number of nitrogens with zero attached hydrogens (tertiary/aromatic N) is 2. The van der Waals surface area contributed by atoms with E-state index in [0.29, 0.717) is 24.8 Å². The van der Waals surface area contributed by atoms with Gasteiger partial charge in [-0.3, -0.25) is 4.99 Å². The van der Waals surface area contributed by atoms with E-state index in [1.165, 1.54) is 6.42 Å². The van der Waals surface area contributed by atoms with Crippen molar-refractivity contribution in [3.8, 4) is 0 Å². The average Bonchev–Trinajstić information content (AvgIpc) is 3.15. The van der Waals surface area contributed by atoms with Crippen LogP contribution < -0.4 is 10.6 Å². The number of fused-ring (bicyclic) bond motifs is 2. The molecule has 150 valence electrons. The third-order valence-electron chi connectivity index (χ3n) is 4.93. The molecule has 2 bridgehead atoms. The molecule has 0 spiro atoms. The van der Waals surface area contributed by atoms with E-state index in [1.807, 2.05) is 27.7 Å². The first kappa shape index (κ1) is 20.8. The van der Waals surface area contributed by atoms with Gasteiger partial charge in [-0.1, -0.05) is 0 Å². The number of hydrogen-bond acceptors (Lipinski definition) is 4. The summed E-state index contributed by atoms with van der Waals surface area (Å²) in [6, 6.07) is 0.413. The minimum Gasteiger partial charge on any atom is -0.444 e. The van der Waals surface area contributed by atoms with E-state index >= 15 is 0 Å². The van der Waals surface area contributed by atoms with Crippen LogP contribution in [-0.4, -0.2) is 67.0 Å². The first-order chi connectivity index (χ1) is 12.2. The van der Waals surface area contributed by atoms with Crippen LogP contribution in [0.15, 0.2) is 4.99 Å². The van der Waals surface area contributed by atoms with E-state index in [2.05, 4.69) is 22.5 Å². The Morgan fingerprint density at radius 2 is 2.12 bits per heavy atom. The molecule has 0 aromatic rings. The van der Waals surface area contributed by atoms with Crippen LogP contribution in [0, 0.1) is 0 Å². The minimum atomic E-state index is -0.478. The minimum absolute atomic E-state index is 0.0577. The quantitative estimate of drug-likeness (QED) is 0.557. The Morgan fingerprint density at radius 3 is 2.65 bits per heavy atom. The summed E-state index contributed by atoms with van der Waals surface area (Å²) in [6.07, 6.45) is 4.61. The van der Waals surface area contributed by atoms with Crippen LogP contribution in [0.2, 0.25) is 0 Å². The summed E-state index contributed by atoms with van der Waals surface area (Å²) < 4.78 is 11.3. The molecule has 2 N–H and O–H groups in total. The third kappa shape index (κ3) is 6.04. The highest BCUT2D eigenvalue weighted by atomic mass is 16.6. The molecule has 0 radical (unpaired) electrons. The van der Waals surface area contributed by atoms with Crippen molar-refractivity contribution in [2.75, 3.05) is 20.1 Å². The summed E-state index contributed by atoms with van der Waals surface area (Å²) in [5, 5.41) is 6.82. The van der Waals surface area contributed by atoms with Crippen LogP contribution in [0.3, 0.4) is 0 Å². The van der Waals surface area contributed by atoms with Crippen molar-refractivity contribution < 1.29 is 14.3 Å². The lowest BCUT2D eigenvalue weighted by Gasteiger charge is -2.28. The van der Waals surface area contributed by atoms with Crippen molar-refractivity contribution in [3.63, 3.8) is 0 Å². The lowest BCUT2D eigenvalue weighted by Crippen LogP contribution is -2.47. The Morgan fingerprint density at radius 1 is 1.38 bits per heavy atom. The van der Waals surface area contributed by atoms with Gasteiger partial charge in [0.25, 0.3) is 0 Å². The van der Waals surface area contributed by atoms with E-state index in [0.717, 1.165) is 31.8 Å². The lowest BCUT2D eigenvalue weighted by atomic mass is 9.96. The summed E-state index contributed by atoms with van der Waals surface area (Å²) in [4.78, 5) is 18.5. The van der Waals surface area contributed by atoms with E-state index in [9.17, 15) is 4.79 Å². The molecule has 2 aliphatic rings. The van der Waals surface area contributed by atoms with Crippen LogP contribution in [0.1, 0.15) is 60.3 Å². The number of aliphatic imine (C=N–C) groups is 1. The Kier molecular flexibility index (Phi) is 7.15. The van der Waals surface area contributed by atoms with Gasteiger partial charge in [-0.2, -0.15) is 0 Å². The van der Waals surface area contributed by atoms with Gasteiger partial charge >= 0.3 is 6.09 Å². The van der Waals surface area contributed by atoms with Gasteiger partial charge in [0.15, 0.2) is 5.96 Å². The monoisotopic (exact) mass is 368 g/mol. The largest absolute Gasteiger partial charge is 0.444 e. The molecule has 2 heterocycles. The second-order valence-electron chi connectivity index (χ2n) is 8.35. The Labute approximate surface area is 157 Å². The van der Waals surface area contributed by atoms with Crippen LogP contribution in [0.5, 0.6) is 0 Å². The number of ether oxygens (including phenoxy) is 2. The SMILES string of the molecule is CCNC(=NCCC(C)N(C)C(=O)OC(C)(C)C)NC1CC2CCC1O2. The highest BCUT2D eigenvalue weighted by molar-refractivity contribution is 5.80. The number of hydrogen-bond donors (Lipinski definition) is 2. The highest BCUT2D eigenvalue weighted by Crippen LogP contribution is 2.34. The molecule has 7 heteroatoms. The average molecular weight is 369 g/mol. The van der Waals surface area contributed by atoms with Gasteiger partial charge in [0.05, 0.1) is 18.2 Å². The fraction of sp³-hybridized carbons (Fsp3) is 0.895. The van der Waals surface area contributed by atoms with Crippen molar-refractivity contribution in [2.24, 2.45) is 4.99 Å². The molecule has 2 fully saturated rings. The zero-order chi connectivity index (χ0) is 19.3. The van der Waals surface area contributed by atoms with Gasteiger partial charge in [-0.05, 0) is 60.3 Å². The second-order valence-corrected chi connectivity index (χ2v) is 8.35. The van der Waals surface area contributed by atoms with Crippen molar-refractivity contribution >= 4 is 12.1 Å². The molecule has 1 amide bonds. The zero-order valence-corrected chi connectivity index (χ0v) is 17.2. The van der Waals surface area contributed by atoms with Crippen molar-refractivity contribution in [2.45, 2.75) is 90.2 Å². The first-order valence-corrected chi connectivity index (χ1v) is 9.85. The number of nitrogens with one attached hydrogen (secondary N) is 2. The van der Waals surface area contributed by atoms with E-state index in [4.69, 9.17) is 9.47 Å². The summed E-state index contributed by atoms with van der Waals surface area (Å²) in [7, 11) is 1.78. The summed E-state index contributed by atoms with van der Waals surface area (Å²) in [5.74, 6) is 0.834. The molecule has 0 aliphatic carbocycles. The predicted molar refractivity (Wildman–Crippen MR) is 103 cm³/mol. The van der Waals surface area contributed by atoms with Crippen molar-refractivity contribution in [1.82, 2.24) is 15.5 Å². The summed E-state index contributed by atoms with van der Waals surface area (Å²) in [6.45, 7) is 11.2. The summed E-state index contributed by atoms with van der Waals surface area (Å²) >= 11 is 0. The molecule has 2 rings (SSSR count). The topological polar surface area (TPSA) is 75.2 Å². The lowest BCUT2D eigenvalue weighted by molar-refractivity contribution is 0.0231. The van der Waals surface area contributed by atoms with Crippen molar-refractivity contribution in [1.29, 1.82) is 0 Å². The molecule has 4 atom stereocenters. The van der Waals surface area contributed by atoms with Gasteiger partial charge < -0.3 is 25.0 Å². The number of carbonyl (C=O) groups is 1. The Bertz CT molecular complexity index is 504. The fourth-order valence-electron chi connectivity index (χ4n) is 3.36. The summed E-state index contributed by atoms with van der Waals surface area (Å²) in [5.41, 5.74) is -0.478. The molecule has 4 unspecified atom stereocenters. The fourth-order valence-corrected chi connectivity index (χ4v) is 3.36. The van der Waals surface area contributed by atoms with E-state index < -0.39 is 5.60 Å². The van der Waals surface area contributed by atoms with Gasteiger partial charge in [0, 0.05) is 26.2 Å². The third-order valence-corrected chi connectivity index (χ3v) is 4.93. The van der Waals surface area contributed by atoms with Crippen molar-refractivity contribution in [3.05, 3.63) is 0 Å². The molecule has 2 saturated heterocycles. The van der Waals surface area contributed by atoms with Gasteiger partial charge in [-0.25, -0.2) is 4.79 Å². The van der Waals surface area contributed by atoms with Crippen LogP contribution >= 0.6 is 0 Å². The smallest absolute Gasteiger partial charge is 0.410 e. The molecular formula is C19H36N4O3. The van der Waals surface area contributed by atoms with Gasteiger partial charge in [0.1, 0.15) is 5.60 Å². The number of carbonyl (C=O) groups excluding carboxylic acids is 1. The van der Waals surface area contributed by atoms with Crippen LogP contribution in [0.4, 0.5) is 4.79 Å². The maximum absolute atomic E-state index is 12.1. The van der Waals surface area contributed by atoms with Gasteiger partial charge in [0.2, 0.25) is 0 Å². The number of rotatable bonds is 6. The number of amides is 1. The molecule has 0 saturated carbocycles. The molecule has 0 aromatic carbocycles. The predicted octanol–water partition coefficient (Wildman–Crippen LogP) is 2.51. The van der Waals surface area contributed by atoms with Crippen LogP contribution in [-0.2, 0) is 9.47 Å². The Hall–Kier alpha value is -1.50. The maximum Gasteiger partial charge on any atom is 0.410 e. The molecule has 2 aliphatic heterocycles. The first-order valence-electron chi connectivity index (χ1n) is 9.85. The number of guanidine groups is 1. The van der Waals surface area contributed by atoms with E-state index in [1.54, 1.807) is 11.9 Å². The molecule has 26 heavy (non-hydrogen) atoms. The Balaban J connectivity index is 1.80. The zero-order valence-electron chi connectivity index (χ0n) is 17.2. The van der Waals surface area contributed by atoms with E-state index in [-0.39, 0.29) is 12.1 Å². The highest BCUT2D eigenvalue weighted by Gasteiger charge is 2.41. The molecule has 7 nitrogen and oxygen atoms in total.